The molecular formula is C6H13NO3. The van der Waals surface area contributed by atoms with Crippen LogP contribution in [0.4, 0.5) is 0 Å². The molecule has 0 spiro atoms. The van der Waals surface area contributed by atoms with Gasteiger partial charge < -0.3 is 20.6 Å². The lowest BCUT2D eigenvalue weighted by Crippen LogP contribution is -2.58. The van der Waals surface area contributed by atoms with Gasteiger partial charge in [-0.25, -0.2) is 0 Å². The lowest BCUT2D eigenvalue weighted by Gasteiger charge is -2.33. The van der Waals surface area contributed by atoms with E-state index in [0.29, 0.717) is 6.54 Å². The normalized spacial score (nSPS) is 49.2. The van der Waals surface area contributed by atoms with Gasteiger partial charge in [-0.05, 0) is 6.92 Å². The van der Waals surface area contributed by atoms with Crippen LogP contribution in [0.15, 0.2) is 0 Å². The number of rotatable bonds is 0. The standard InChI is InChI=1S/C6H13NO3/c1-3-5(9)6(10)4(8)2-7-3/h3-10H,2H2,1H3/t3?,4?,5-,6?/m1/s1. The third-order valence-electron chi connectivity index (χ3n) is 1.91. The topological polar surface area (TPSA) is 72.7 Å². The third kappa shape index (κ3) is 1.29. The summed E-state index contributed by atoms with van der Waals surface area (Å²) in [4.78, 5) is 0. The predicted octanol–water partition coefficient (Wildman–Crippen LogP) is -1.94. The molecular weight excluding hydrogens is 134 g/mol. The first kappa shape index (κ1) is 7.94. The van der Waals surface area contributed by atoms with Crippen LogP contribution in [0.3, 0.4) is 0 Å². The van der Waals surface area contributed by atoms with Crippen molar-refractivity contribution in [3.05, 3.63) is 0 Å². The molecule has 3 unspecified atom stereocenters. The van der Waals surface area contributed by atoms with E-state index in [9.17, 15) is 0 Å². The van der Waals surface area contributed by atoms with Gasteiger partial charge in [0.25, 0.3) is 0 Å². The van der Waals surface area contributed by atoms with Crippen molar-refractivity contribution in [2.24, 2.45) is 0 Å². The van der Waals surface area contributed by atoms with Gasteiger partial charge in [-0.15, -0.1) is 0 Å². The Morgan fingerprint density at radius 2 is 1.80 bits per heavy atom. The average Bonchev–Trinajstić information content (AvgIpc) is 1.93. The maximum Gasteiger partial charge on any atom is 0.108 e. The highest BCUT2D eigenvalue weighted by atomic mass is 16.4. The molecule has 4 atom stereocenters. The minimum absolute atomic E-state index is 0.140. The van der Waals surface area contributed by atoms with Crippen molar-refractivity contribution >= 4 is 0 Å². The Bertz CT molecular complexity index is 106. The lowest BCUT2D eigenvalue weighted by molar-refractivity contribution is -0.0910. The summed E-state index contributed by atoms with van der Waals surface area (Å²) in [7, 11) is 0. The Morgan fingerprint density at radius 3 is 2.30 bits per heavy atom. The summed E-state index contributed by atoms with van der Waals surface area (Å²) in [5, 5.41) is 30.1. The van der Waals surface area contributed by atoms with Gasteiger partial charge in [-0.1, -0.05) is 0 Å². The maximum absolute atomic E-state index is 9.14. The molecule has 0 aromatic carbocycles. The molecule has 1 heterocycles. The molecule has 1 aliphatic rings. The average molecular weight is 147 g/mol. The SMILES string of the molecule is CC1NCC(O)C(O)[C@@H]1O. The summed E-state index contributed by atoms with van der Waals surface area (Å²) >= 11 is 0. The summed E-state index contributed by atoms with van der Waals surface area (Å²) < 4.78 is 0. The smallest absolute Gasteiger partial charge is 0.108 e. The molecule has 0 amide bonds. The van der Waals surface area contributed by atoms with Crippen LogP contribution >= 0.6 is 0 Å². The predicted molar refractivity (Wildman–Crippen MR) is 35.5 cm³/mol. The minimum Gasteiger partial charge on any atom is -0.389 e. The molecule has 1 rings (SSSR count). The largest absolute Gasteiger partial charge is 0.389 e. The Kier molecular flexibility index (Phi) is 2.25. The molecule has 1 aliphatic heterocycles. The van der Waals surface area contributed by atoms with Crippen LogP contribution in [0.2, 0.25) is 0 Å². The van der Waals surface area contributed by atoms with Crippen LogP contribution in [0, 0.1) is 0 Å². The summed E-state index contributed by atoms with van der Waals surface area (Å²) in [5.41, 5.74) is 0. The first-order chi connectivity index (χ1) is 4.63. The third-order valence-corrected chi connectivity index (χ3v) is 1.91. The van der Waals surface area contributed by atoms with Crippen molar-refractivity contribution in [2.45, 2.75) is 31.3 Å². The zero-order chi connectivity index (χ0) is 7.72. The van der Waals surface area contributed by atoms with E-state index in [1.54, 1.807) is 6.92 Å². The molecule has 0 aliphatic carbocycles. The molecule has 0 radical (unpaired) electrons. The number of nitrogens with one attached hydrogen (secondary N) is 1. The highest BCUT2D eigenvalue weighted by Gasteiger charge is 2.33. The highest BCUT2D eigenvalue weighted by molar-refractivity contribution is 4.89. The molecule has 4 N–H and O–H groups in total. The van der Waals surface area contributed by atoms with Gasteiger partial charge in [-0.3, -0.25) is 0 Å². The molecule has 4 nitrogen and oxygen atoms in total. The second kappa shape index (κ2) is 2.84. The zero-order valence-electron chi connectivity index (χ0n) is 5.86. The van der Waals surface area contributed by atoms with E-state index in [2.05, 4.69) is 5.32 Å². The van der Waals surface area contributed by atoms with Crippen LogP contribution < -0.4 is 5.32 Å². The van der Waals surface area contributed by atoms with Crippen LogP contribution in [0.5, 0.6) is 0 Å². The van der Waals surface area contributed by atoms with Gasteiger partial charge in [0.2, 0.25) is 0 Å². The van der Waals surface area contributed by atoms with E-state index in [0.717, 1.165) is 0 Å². The number of hydrogen-bond donors (Lipinski definition) is 4. The molecule has 4 heteroatoms. The maximum atomic E-state index is 9.14. The summed E-state index contributed by atoms with van der Waals surface area (Å²) in [6, 6.07) is -0.140. The van der Waals surface area contributed by atoms with Crippen LogP contribution in [0.1, 0.15) is 6.92 Å². The monoisotopic (exact) mass is 147 g/mol. The molecule has 1 saturated heterocycles. The fraction of sp³-hybridized carbons (Fsp3) is 1.00. The second-order valence-corrected chi connectivity index (χ2v) is 2.75. The van der Waals surface area contributed by atoms with Crippen molar-refractivity contribution in [3.8, 4) is 0 Å². The Morgan fingerprint density at radius 1 is 1.20 bits per heavy atom. The number of aliphatic hydroxyl groups is 3. The molecule has 0 aromatic heterocycles. The fourth-order valence-electron chi connectivity index (χ4n) is 1.07. The molecule has 10 heavy (non-hydrogen) atoms. The Balaban J connectivity index is 2.52. The number of aliphatic hydroxyl groups excluding tert-OH is 3. The van der Waals surface area contributed by atoms with Crippen LogP contribution in [-0.2, 0) is 0 Å². The highest BCUT2D eigenvalue weighted by Crippen LogP contribution is 2.09. The van der Waals surface area contributed by atoms with Crippen LogP contribution in [0.25, 0.3) is 0 Å². The van der Waals surface area contributed by atoms with Crippen molar-refractivity contribution < 1.29 is 15.3 Å². The summed E-state index contributed by atoms with van der Waals surface area (Å²) in [6.45, 7) is 2.11. The van der Waals surface area contributed by atoms with E-state index < -0.39 is 18.3 Å². The summed E-state index contributed by atoms with van der Waals surface area (Å²) in [5.74, 6) is 0. The van der Waals surface area contributed by atoms with Crippen LogP contribution in [-0.4, -0.2) is 46.2 Å². The minimum atomic E-state index is -1.00. The molecule has 1 fully saturated rings. The fourth-order valence-corrected chi connectivity index (χ4v) is 1.07. The van der Waals surface area contributed by atoms with E-state index >= 15 is 0 Å². The Hall–Kier alpha value is -0.160. The van der Waals surface area contributed by atoms with Crippen molar-refractivity contribution in [3.63, 3.8) is 0 Å². The van der Waals surface area contributed by atoms with Crippen molar-refractivity contribution in [1.29, 1.82) is 0 Å². The van der Waals surface area contributed by atoms with Gasteiger partial charge in [0.05, 0.1) is 12.2 Å². The number of hydrogen-bond acceptors (Lipinski definition) is 4. The lowest BCUT2D eigenvalue weighted by atomic mass is 9.98. The molecule has 60 valence electrons. The molecule has 0 bridgehead atoms. The van der Waals surface area contributed by atoms with E-state index in [4.69, 9.17) is 15.3 Å². The zero-order valence-corrected chi connectivity index (χ0v) is 5.86. The quantitative estimate of drug-likeness (QED) is 0.322. The van der Waals surface area contributed by atoms with Gasteiger partial charge in [0.15, 0.2) is 0 Å². The van der Waals surface area contributed by atoms with Gasteiger partial charge in [0.1, 0.15) is 6.10 Å². The van der Waals surface area contributed by atoms with Crippen molar-refractivity contribution in [1.82, 2.24) is 5.32 Å². The van der Waals surface area contributed by atoms with Gasteiger partial charge in [0, 0.05) is 12.6 Å². The van der Waals surface area contributed by atoms with Gasteiger partial charge in [-0.2, -0.15) is 0 Å². The molecule has 0 aromatic rings. The van der Waals surface area contributed by atoms with E-state index in [1.807, 2.05) is 0 Å². The summed E-state index contributed by atoms with van der Waals surface area (Å²) in [6.07, 6.45) is -2.70. The number of β-amino-alcohol motifs (C(OH)–C–C–N with tert-alkyl or cyclic N) is 1. The second-order valence-electron chi connectivity index (χ2n) is 2.75. The van der Waals surface area contributed by atoms with Gasteiger partial charge >= 0.3 is 0 Å². The number of piperidine rings is 1. The van der Waals surface area contributed by atoms with E-state index in [1.165, 1.54) is 0 Å². The Labute approximate surface area is 59.5 Å². The first-order valence-electron chi connectivity index (χ1n) is 3.40. The molecule has 0 saturated carbocycles. The van der Waals surface area contributed by atoms with Crippen molar-refractivity contribution in [2.75, 3.05) is 6.54 Å². The van der Waals surface area contributed by atoms with E-state index in [-0.39, 0.29) is 6.04 Å². The first-order valence-corrected chi connectivity index (χ1v) is 3.40.